The van der Waals surface area contributed by atoms with Crippen molar-refractivity contribution >= 4 is 33.3 Å². The van der Waals surface area contributed by atoms with Crippen LogP contribution in [0, 0.1) is 5.82 Å². The van der Waals surface area contributed by atoms with Crippen LogP contribution in [-0.4, -0.2) is 12.4 Å². The van der Waals surface area contributed by atoms with E-state index in [9.17, 15) is 9.18 Å². The Morgan fingerprint density at radius 3 is 2.81 bits per heavy atom. The lowest BCUT2D eigenvalue weighted by Gasteiger charge is -2.34. The van der Waals surface area contributed by atoms with Gasteiger partial charge in [-0.15, -0.1) is 0 Å². The zero-order chi connectivity index (χ0) is 15.2. The van der Waals surface area contributed by atoms with E-state index in [-0.39, 0.29) is 12.4 Å². The minimum atomic E-state index is -1.08. The van der Waals surface area contributed by atoms with Gasteiger partial charge in [-0.05, 0) is 47.1 Å². The van der Waals surface area contributed by atoms with Gasteiger partial charge in [0.2, 0.25) is 0 Å². The topological polar surface area (TPSA) is 26.3 Å². The summed E-state index contributed by atoms with van der Waals surface area (Å²) in [5.41, 5.74) is -0.343. The van der Waals surface area contributed by atoms with Crippen molar-refractivity contribution in [2.45, 2.75) is 12.3 Å². The molecule has 108 valence electrons. The molecule has 5 heteroatoms. The van der Waals surface area contributed by atoms with Gasteiger partial charge in [-0.2, -0.15) is 0 Å². The number of Topliss-reactive ketones (excluding diaryl/α,β-unsaturated/α-hetero) is 1. The summed E-state index contributed by atoms with van der Waals surface area (Å²) in [7, 11) is 0. The Morgan fingerprint density at radius 1 is 1.33 bits per heavy atom. The highest BCUT2D eigenvalue weighted by atomic mass is 79.9. The smallest absolute Gasteiger partial charge is 0.181 e. The van der Waals surface area contributed by atoms with Crippen molar-refractivity contribution in [1.82, 2.24) is 0 Å². The third-order valence-electron chi connectivity index (χ3n) is 3.75. The maximum atomic E-state index is 14.2. The van der Waals surface area contributed by atoms with Gasteiger partial charge in [0.1, 0.15) is 18.2 Å². The molecule has 0 aliphatic carbocycles. The van der Waals surface area contributed by atoms with Crippen molar-refractivity contribution in [1.29, 1.82) is 0 Å². The van der Waals surface area contributed by atoms with Crippen molar-refractivity contribution in [3.63, 3.8) is 0 Å². The molecule has 0 saturated carbocycles. The highest BCUT2D eigenvalue weighted by molar-refractivity contribution is 9.10. The van der Waals surface area contributed by atoms with Gasteiger partial charge in [-0.1, -0.05) is 23.7 Å². The van der Waals surface area contributed by atoms with Gasteiger partial charge in [0.15, 0.2) is 5.78 Å². The monoisotopic (exact) mass is 368 g/mol. The summed E-state index contributed by atoms with van der Waals surface area (Å²) in [6, 6.07) is 9.63. The highest BCUT2D eigenvalue weighted by Gasteiger charge is 2.44. The molecule has 0 N–H and O–H groups in total. The SMILES string of the molecule is CC1(c2ccc(Cl)cc2F)COc2cccc(Br)c2C1=O. The summed E-state index contributed by atoms with van der Waals surface area (Å²) in [6.45, 7) is 1.78. The summed E-state index contributed by atoms with van der Waals surface area (Å²) in [4.78, 5) is 12.9. The van der Waals surface area contributed by atoms with E-state index in [4.69, 9.17) is 16.3 Å². The van der Waals surface area contributed by atoms with Gasteiger partial charge in [-0.25, -0.2) is 4.39 Å². The molecule has 2 aromatic carbocycles. The molecule has 0 amide bonds. The molecule has 21 heavy (non-hydrogen) atoms. The quantitative estimate of drug-likeness (QED) is 0.723. The van der Waals surface area contributed by atoms with Gasteiger partial charge in [0, 0.05) is 15.1 Å². The van der Waals surface area contributed by atoms with E-state index in [0.717, 1.165) is 0 Å². The van der Waals surface area contributed by atoms with Gasteiger partial charge >= 0.3 is 0 Å². The van der Waals surface area contributed by atoms with Crippen molar-refractivity contribution < 1.29 is 13.9 Å². The molecule has 1 atom stereocenters. The van der Waals surface area contributed by atoms with E-state index in [1.54, 1.807) is 37.3 Å². The Balaban J connectivity index is 2.16. The van der Waals surface area contributed by atoms with E-state index < -0.39 is 11.2 Å². The number of carbonyl (C=O) groups is 1. The molecule has 1 aliphatic rings. The van der Waals surface area contributed by atoms with Crippen LogP contribution < -0.4 is 4.74 Å². The minimum absolute atomic E-state index is 0.0911. The molecule has 1 unspecified atom stereocenters. The number of benzene rings is 2. The van der Waals surface area contributed by atoms with Crippen LogP contribution in [0.5, 0.6) is 5.75 Å². The van der Waals surface area contributed by atoms with Crippen LogP contribution in [0.2, 0.25) is 5.02 Å². The number of halogens is 3. The largest absolute Gasteiger partial charge is 0.491 e. The van der Waals surface area contributed by atoms with Crippen LogP contribution in [0.3, 0.4) is 0 Å². The number of rotatable bonds is 1. The van der Waals surface area contributed by atoms with Crippen molar-refractivity contribution in [3.05, 3.63) is 62.8 Å². The summed E-state index contributed by atoms with van der Waals surface area (Å²) in [6.07, 6.45) is 0. The Kier molecular flexibility index (Phi) is 3.54. The van der Waals surface area contributed by atoms with Gasteiger partial charge in [-0.3, -0.25) is 4.79 Å². The van der Waals surface area contributed by atoms with E-state index >= 15 is 0 Å². The average molecular weight is 370 g/mol. The molecular weight excluding hydrogens is 359 g/mol. The van der Waals surface area contributed by atoms with E-state index in [1.165, 1.54) is 6.07 Å². The van der Waals surface area contributed by atoms with Crippen LogP contribution >= 0.6 is 27.5 Å². The third kappa shape index (κ3) is 2.27. The number of ether oxygens (including phenoxy) is 1. The molecular formula is C16H11BrClFO2. The third-order valence-corrected chi connectivity index (χ3v) is 4.64. The Morgan fingerprint density at radius 2 is 2.10 bits per heavy atom. The normalized spacial score (nSPS) is 20.9. The minimum Gasteiger partial charge on any atom is -0.491 e. The first-order valence-electron chi connectivity index (χ1n) is 6.35. The molecule has 0 aromatic heterocycles. The summed E-state index contributed by atoms with van der Waals surface area (Å²) in [5.74, 6) is -0.156. The lowest BCUT2D eigenvalue weighted by atomic mass is 9.75. The fourth-order valence-corrected chi connectivity index (χ4v) is 3.23. The first kappa shape index (κ1) is 14.5. The summed E-state index contributed by atoms with van der Waals surface area (Å²) in [5, 5.41) is 0.297. The Bertz CT molecular complexity index is 747. The van der Waals surface area contributed by atoms with Gasteiger partial charge in [0.25, 0.3) is 0 Å². The summed E-state index contributed by atoms with van der Waals surface area (Å²) < 4.78 is 20.5. The lowest BCUT2D eigenvalue weighted by molar-refractivity contribution is 0.0785. The van der Waals surface area contributed by atoms with E-state index in [0.29, 0.717) is 26.4 Å². The number of fused-ring (bicyclic) bond motifs is 1. The zero-order valence-electron chi connectivity index (χ0n) is 11.1. The molecule has 0 spiro atoms. The second-order valence-electron chi connectivity index (χ2n) is 5.19. The van der Waals surface area contributed by atoms with E-state index in [2.05, 4.69) is 15.9 Å². The fraction of sp³-hybridized carbons (Fsp3) is 0.188. The number of hydrogen-bond donors (Lipinski definition) is 0. The van der Waals surface area contributed by atoms with Crippen molar-refractivity contribution in [2.24, 2.45) is 0 Å². The van der Waals surface area contributed by atoms with Crippen LogP contribution in [0.1, 0.15) is 22.8 Å². The van der Waals surface area contributed by atoms with Crippen LogP contribution in [-0.2, 0) is 5.41 Å². The Labute approximate surface area is 135 Å². The summed E-state index contributed by atoms with van der Waals surface area (Å²) >= 11 is 9.14. The maximum Gasteiger partial charge on any atom is 0.181 e. The standard InChI is InChI=1S/C16H11BrClFO2/c1-16(10-6-5-9(18)7-12(10)19)8-21-13-4-2-3-11(17)14(13)15(16)20/h2-7H,8H2,1H3. The predicted octanol–water partition coefficient (Wildman–Crippen LogP) is 4.77. The van der Waals surface area contributed by atoms with Gasteiger partial charge < -0.3 is 4.74 Å². The van der Waals surface area contributed by atoms with Crippen LogP contribution in [0.15, 0.2) is 40.9 Å². The Hall–Kier alpha value is -1.39. The van der Waals surface area contributed by atoms with Crippen molar-refractivity contribution in [2.75, 3.05) is 6.61 Å². The lowest BCUT2D eigenvalue weighted by Crippen LogP contribution is -2.43. The highest BCUT2D eigenvalue weighted by Crippen LogP contribution is 2.41. The maximum absolute atomic E-state index is 14.2. The van der Waals surface area contributed by atoms with Crippen molar-refractivity contribution in [3.8, 4) is 5.75 Å². The molecule has 0 fully saturated rings. The van der Waals surface area contributed by atoms with Crippen LogP contribution in [0.25, 0.3) is 0 Å². The molecule has 2 aromatic rings. The second kappa shape index (κ2) is 5.11. The number of ketones is 1. The van der Waals surface area contributed by atoms with Crippen LogP contribution in [0.4, 0.5) is 4.39 Å². The zero-order valence-corrected chi connectivity index (χ0v) is 13.5. The molecule has 0 saturated heterocycles. The average Bonchev–Trinajstić information content (AvgIpc) is 2.43. The number of carbonyl (C=O) groups excluding carboxylic acids is 1. The molecule has 2 nitrogen and oxygen atoms in total. The molecule has 1 aliphatic heterocycles. The first-order valence-corrected chi connectivity index (χ1v) is 7.52. The predicted molar refractivity (Wildman–Crippen MR) is 82.7 cm³/mol. The number of hydrogen-bond acceptors (Lipinski definition) is 2. The molecule has 0 bridgehead atoms. The van der Waals surface area contributed by atoms with Gasteiger partial charge in [0.05, 0.1) is 11.0 Å². The molecule has 3 rings (SSSR count). The molecule has 1 heterocycles. The molecule has 0 radical (unpaired) electrons. The van der Waals surface area contributed by atoms with E-state index in [1.807, 2.05) is 0 Å². The fourth-order valence-electron chi connectivity index (χ4n) is 2.55. The first-order chi connectivity index (χ1) is 9.93. The second-order valence-corrected chi connectivity index (χ2v) is 6.48.